The van der Waals surface area contributed by atoms with Crippen LogP contribution in [0.1, 0.15) is 29.3 Å². The van der Waals surface area contributed by atoms with E-state index in [-0.39, 0.29) is 11.8 Å². The Hall–Kier alpha value is -1.84. The van der Waals surface area contributed by atoms with Crippen molar-refractivity contribution in [3.05, 3.63) is 35.4 Å². The largest absolute Gasteiger partial charge is 0.366 e. The molecule has 0 saturated heterocycles. The maximum atomic E-state index is 11.6. The predicted molar refractivity (Wildman–Crippen MR) is 64.1 cm³/mol. The number of primary amides is 1. The number of hydrogen-bond donors (Lipinski definition) is 2. The molecule has 0 bridgehead atoms. The molecule has 1 aromatic rings. The number of carbonyl (C=O) groups is 2. The third kappa shape index (κ3) is 2.84. The van der Waals surface area contributed by atoms with E-state index in [9.17, 15) is 9.59 Å². The molecule has 0 aromatic heterocycles. The second-order valence-corrected chi connectivity index (χ2v) is 4.60. The van der Waals surface area contributed by atoms with Crippen LogP contribution in [-0.2, 0) is 11.3 Å². The van der Waals surface area contributed by atoms with Crippen molar-refractivity contribution in [2.45, 2.75) is 19.9 Å². The fourth-order valence-electron chi connectivity index (χ4n) is 1.84. The lowest BCUT2D eigenvalue weighted by Crippen LogP contribution is -2.25. The highest BCUT2D eigenvalue weighted by Crippen LogP contribution is 2.37. The fraction of sp³-hybridized carbons (Fsp3) is 0.385. The Morgan fingerprint density at radius 3 is 2.76 bits per heavy atom. The van der Waals surface area contributed by atoms with Crippen LogP contribution in [-0.4, -0.2) is 11.8 Å². The summed E-state index contributed by atoms with van der Waals surface area (Å²) in [5.41, 5.74) is 6.55. The van der Waals surface area contributed by atoms with E-state index >= 15 is 0 Å². The number of rotatable bonds is 4. The monoisotopic (exact) mass is 232 g/mol. The number of nitrogens with two attached hydrogens (primary N) is 1. The average molecular weight is 232 g/mol. The Labute approximate surface area is 100 Å². The van der Waals surface area contributed by atoms with Crippen molar-refractivity contribution in [1.29, 1.82) is 0 Å². The first-order valence-electron chi connectivity index (χ1n) is 5.74. The second-order valence-electron chi connectivity index (χ2n) is 4.60. The van der Waals surface area contributed by atoms with Crippen molar-refractivity contribution in [2.24, 2.45) is 17.6 Å². The van der Waals surface area contributed by atoms with Crippen LogP contribution in [0.2, 0.25) is 0 Å². The van der Waals surface area contributed by atoms with Crippen molar-refractivity contribution in [2.75, 3.05) is 0 Å². The zero-order chi connectivity index (χ0) is 12.4. The van der Waals surface area contributed by atoms with Crippen LogP contribution in [0.5, 0.6) is 0 Å². The molecule has 0 radical (unpaired) electrons. The molecule has 0 aliphatic heterocycles. The minimum Gasteiger partial charge on any atom is -0.366 e. The molecule has 90 valence electrons. The van der Waals surface area contributed by atoms with Crippen LogP contribution in [0.15, 0.2) is 24.3 Å². The van der Waals surface area contributed by atoms with Gasteiger partial charge < -0.3 is 11.1 Å². The molecule has 4 nitrogen and oxygen atoms in total. The first-order chi connectivity index (χ1) is 8.08. The summed E-state index contributed by atoms with van der Waals surface area (Å²) >= 11 is 0. The molecule has 2 amide bonds. The first kappa shape index (κ1) is 11.6. The third-order valence-electron chi connectivity index (χ3n) is 3.12. The molecule has 1 aliphatic carbocycles. The van der Waals surface area contributed by atoms with Gasteiger partial charge in [-0.25, -0.2) is 0 Å². The normalized spacial score (nSPS) is 21.9. The maximum absolute atomic E-state index is 11.6. The molecule has 1 fully saturated rings. The van der Waals surface area contributed by atoms with Crippen molar-refractivity contribution in [1.82, 2.24) is 5.32 Å². The van der Waals surface area contributed by atoms with Crippen molar-refractivity contribution in [3.8, 4) is 0 Å². The Morgan fingerprint density at radius 2 is 2.18 bits per heavy atom. The van der Waals surface area contributed by atoms with Crippen LogP contribution in [0.25, 0.3) is 0 Å². The van der Waals surface area contributed by atoms with E-state index in [2.05, 4.69) is 12.2 Å². The van der Waals surface area contributed by atoms with Gasteiger partial charge in [0.2, 0.25) is 11.8 Å². The van der Waals surface area contributed by atoms with E-state index in [1.807, 2.05) is 6.07 Å². The summed E-state index contributed by atoms with van der Waals surface area (Å²) in [5.74, 6) is 0.331. The molecule has 1 saturated carbocycles. The Morgan fingerprint density at radius 1 is 1.47 bits per heavy atom. The zero-order valence-corrected chi connectivity index (χ0v) is 9.77. The van der Waals surface area contributed by atoms with Crippen LogP contribution in [0.4, 0.5) is 0 Å². The molecule has 0 spiro atoms. The third-order valence-corrected chi connectivity index (χ3v) is 3.12. The maximum Gasteiger partial charge on any atom is 0.248 e. The number of amides is 2. The van der Waals surface area contributed by atoms with Gasteiger partial charge in [0.15, 0.2) is 0 Å². The summed E-state index contributed by atoms with van der Waals surface area (Å²) in [5, 5.41) is 2.87. The molecule has 3 N–H and O–H groups in total. The van der Waals surface area contributed by atoms with Gasteiger partial charge in [0.1, 0.15) is 0 Å². The van der Waals surface area contributed by atoms with E-state index in [4.69, 9.17) is 5.73 Å². The number of benzene rings is 1. The number of carbonyl (C=O) groups excluding carboxylic acids is 2. The van der Waals surface area contributed by atoms with E-state index in [1.165, 1.54) is 0 Å². The van der Waals surface area contributed by atoms with Crippen molar-refractivity contribution in [3.63, 3.8) is 0 Å². The standard InChI is InChI=1S/C13H16N2O2/c1-8-5-11(8)13(17)15-7-9-3-2-4-10(6-9)12(14)16/h2-4,6,8,11H,5,7H2,1H3,(H2,14,16)(H,15,17)/t8-,11-/m0/s1. The van der Waals surface area contributed by atoms with Crippen LogP contribution >= 0.6 is 0 Å². The molecule has 0 unspecified atom stereocenters. The highest BCUT2D eigenvalue weighted by molar-refractivity contribution is 5.92. The molecule has 2 rings (SSSR count). The van der Waals surface area contributed by atoms with E-state index in [0.29, 0.717) is 18.0 Å². The van der Waals surface area contributed by atoms with Gasteiger partial charge in [-0.15, -0.1) is 0 Å². The summed E-state index contributed by atoms with van der Waals surface area (Å²) in [7, 11) is 0. The quantitative estimate of drug-likeness (QED) is 0.814. The van der Waals surface area contributed by atoms with Crippen molar-refractivity contribution < 1.29 is 9.59 Å². The summed E-state index contributed by atoms with van der Waals surface area (Å²) in [6, 6.07) is 7.00. The highest BCUT2D eigenvalue weighted by Gasteiger charge is 2.38. The Kier molecular flexibility index (Phi) is 3.13. The molecular weight excluding hydrogens is 216 g/mol. The molecule has 17 heavy (non-hydrogen) atoms. The molecular formula is C13H16N2O2. The Bertz CT molecular complexity index is 456. The van der Waals surface area contributed by atoms with Crippen LogP contribution in [0, 0.1) is 11.8 Å². The number of nitrogens with one attached hydrogen (secondary N) is 1. The summed E-state index contributed by atoms with van der Waals surface area (Å²) in [4.78, 5) is 22.6. The van der Waals surface area contributed by atoms with Gasteiger partial charge in [-0.05, 0) is 30.0 Å². The molecule has 1 aliphatic rings. The summed E-state index contributed by atoms with van der Waals surface area (Å²) in [6.45, 7) is 2.52. The van der Waals surface area contributed by atoms with E-state index < -0.39 is 5.91 Å². The second kappa shape index (κ2) is 4.57. The lowest BCUT2D eigenvalue weighted by atomic mass is 10.1. The Balaban J connectivity index is 1.92. The number of hydrogen-bond acceptors (Lipinski definition) is 2. The highest BCUT2D eigenvalue weighted by atomic mass is 16.2. The topological polar surface area (TPSA) is 72.2 Å². The lowest BCUT2D eigenvalue weighted by Gasteiger charge is -2.05. The zero-order valence-electron chi connectivity index (χ0n) is 9.77. The SMILES string of the molecule is C[C@H]1C[C@@H]1C(=O)NCc1cccc(C(N)=O)c1. The molecule has 2 atom stereocenters. The van der Waals surface area contributed by atoms with Gasteiger partial charge in [0, 0.05) is 18.0 Å². The van der Waals surface area contributed by atoms with Crippen LogP contribution < -0.4 is 11.1 Å². The summed E-state index contributed by atoms with van der Waals surface area (Å²) in [6.07, 6.45) is 0.979. The first-order valence-corrected chi connectivity index (χ1v) is 5.74. The molecule has 1 aromatic carbocycles. The molecule has 0 heterocycles. The van der Waals surface area contributed by atoms with Gasteiger partial charge in [0.25, 0.3) is 0 Å². The van der Waals surface area contributed by atoms with Gasteiger partial charge >= 0.3 is 0 Å². The molecule has 4 heteroatoms. The summed E-state index contributed by atoms with van der Waals surface area (Å²) < 4.78 is 0. The lowest BCUT2D eigenvalue weighted by molar-refractivity contribution is -0.122. The van der Waals surface area contributed by atoms with Gasteiger partial charge in [-0.3, -0.25) is 9.59 Å². The van der Waals surface area contributed by atoms with E-state index in [0.717, 1.165) is 12.0 Å². The van der Waals surface area contributed by atoms with E-state index in [1.54, 1.807) is 18.2 Å². The fourth-order valence-corrected chi connectivity index (χ4v) is 1.84. The average Bonchev–Trinajstić information content (AvgIpc) is 3.04. The van der Waals surface area contributed by atoms with Gasteiger partial charge in [-0.1, -0.05) is 19.1 Å². The van der Waals surface area contributed by atoms with Crippen LogP contribution in [0.3, 0.4) is 0 Å². The van der Waals surface area contributed by atoms with Gasteiger partial charge in [-0.2, -0.15) is 0 Å². The predicted octanol–water partition coefficient (Wildman–Crippen LogP) is 1.06. The minimum absolute atomic E-state index is 0.0991. The van der Waals surface area contributed by atoms with Gasteiger partial charge in [0.05, 0.1) is 0 Å². The smallest absolute Gasteiger partial charge is 0.248 e. The van der Waals surface area contributed by atoms with Crippen molar-refractivity contribution >= 4 is 11.8 Å². The minimum atomic E-state index is -0.450.